The van der Waals surface area contributed by atoms with Crippen LogP contribution in [-0.2, 0) is 11.3 Å². The molecular formula is C24H26N6O2. The van der Waals surface area contributed by atoms with E-state index in [-0.39, 0.29) is 11.9 Å². The molecule has 1 aliphatic heterocycles. The smallest absolute Gasteiger partial charge is 0.217 e. The van der Waals surface area contributed by atoms with Crippen molar-refractivity contribution in [3.05, 3.63) is 60.9 Å². The van der Waals surface area contributed by atoms with Crippen molar-refractivity contribution >= 4 is 16.8 Å². The number of amides is 1. The van der Waals surface area contributed by atoms with E-state index in [9.17, 15) is 4.79 Å². The molecule has 8 nitrogen and oxygen atoms in total. The van der Waals surface area contributed by atoms with Crippen LogP contribution in [-0.4, -0.2) is 56.5 Å². The average molecular weight is 431 g/mol. The van der Waals surface area contributed by atoms with Crippen LogP contribution in [0.25, 0.3) is 22.2 Å². The number of nitrogens with zero attached hydrogens (tertiary/aromatic N) is 4. The van der Waals surface area contributed by atoms with Crippen LogP contribution in [0.4, 0.5) is 0 Å². The molecule has 164 valence electrons. The molecule has 1 fully saturated rings. The van der Waals surface area contributed by atoms with Gasteiger partial charge in [0, 0.05) is 44.2 Å². The van der Waals surface area contributed by atoms with Gasteiger partial charge in [-0.2, -0.15) is 10.2 Å². The predicted molar refractivity (Wildman–Crippen MR) is 122 cm³/mol. The molecule has 0 saturated carbocycles. The standard InChI is InChI=1S/C24H26N6O2/c1-17(31)27-20-9-11-29(16-20)12-13-30-24-7-6-22(14-19(24)15-26-30)32-21-4-2-18(3-5-21)23-8-10-25-28-23/h2-8,10,14-15,20H,9,11-13,16H2,1H3,(H,25,28)(H,27,31)/t20-/m1/s1. The topological polar surface area (TPSA) is 88.1 Å². The fraction of sp³-hybridized carbons (Fsp3) is 0.292. The first-order valence-electron chi connectivity index (χ1n) is 10.9. The Morgan fingerprint density at radius 3 is 2.78 bits per heavy atom. The average Bonchev–Trinajstić information content (AvgIpc) is 3.54. The summed E-state index contributed by atoms with van der Waals surface area (Å²) in [5.74, 6) is 1.61. The van der Waals surface area contributed by atoms with Crippen molar-refractivity contribution in [2.75, 3.05) is 19.6 Å². The lowest BCUT2D eigenvalue weighted by Crippen LogP contribution is -2.36. The maximum atomic E-state index is 11.2. The van der Waals surface area contributed by atoms with Gasteiger partial charge in [0.1, 0.15) is 11.5 Å². The Morgan fingerprint density at radius 1 is 1.16 bits per heavy atom. The summed E-state index contributed by atoms with van der Waals surface area (Å²) in [5, 5.41) is 15.6. The molecule has 32 heavy (non-hydrogen) atoms. The number of aromatic amines is 1. The summed E-state index contributed by atoms with van der Waals surface area (Å²) in [6, 6.07) is 16.2. The number of carbonyl (C=O) groups is 1. The fourth-order valence-electron chi connectivity index (χ4n) is 4.24. The lowest BCUT2D eigenvalue weighted by atomic mass is 10.1. The van der Waals surface area contributed by atoms with Gasteiger partial charge in [-0.25, -0.2) is 0 Å². The third-order valence-electron chi connectivity index (χ3n) is 5.82. The molecule has 0 spiro atoms. The maximum absolute atomic E-state index is 11.2. The van der Waals surface area contributed by atoms with Crippen molar-refractivity contribution in [2.24, 2.45) is 0 Å². The summed E-state index contributed by atoms with van der Waals surface area (Å²) >= 11 is 0. The highest BCUT2D eigenvalue weighted by molar-refractivity contribution is 5.80. The predicted octanol–water partition coefficient (Wildman–Crippen LogP) is 3.43. The summed E-state index contributed by atoms with van der Waals surface area (Å²) in [7, 11) is 0. The highest BCUT2D eigenvalue weighted by atomic mass is 16.5. The van der Waals surface area contributed by atoms with Gasteiger partial charge in [-0.05, 0) is 60.5 Å². The number of hydrogen-bond donors (Lipinski definition) is 2. The Balaban J connectivity index is 1.21. The minimum atomic E-state index is 0.0432. The molecule has 0 radical (unpaired) electrons. The summed E-state index contributed by atoms with van der Waals surface area (Å²) in [4.78, 5) is 13.6. The number of nitrogens with one attached hydrogen (secondary N) is 2. The monoisotopic (exact) mass is 430 g/mol. The highest BCUT2D eigenvalue weighted by Gasteiger charge is 2.22. The first-order chi connectivity index (χ1) is 15.6. The molecule has 2 N–H and O–H groups in total. The van der Waals surface area contributed by atoms with Crippen molar-refractivity contribution in [1.29, 1.82) is 0 Å². The number of hydrogen-bond acceptors (Lipinski definition) is 5. The van der Waals surface area contributed by atoms with E-state index in [1.54, 1.807) is 13.1 Å². The van der Waals surface area contributed by atoms with Gasteiger partial charge in [0.05, 0.1) is 24.0 Å². The Hall–Kier alpha value is -3.65. The molecule has 3 heterocycles. The minimum Gasteiger partial charge on any atom is -0.457 e. The van der Waals surface area contributed by atoms with E-state index in [1.165, 1.54) is 0 Å². The van der Waals surface area contributed by atoms with E-state index in [0.29, 0.717) is 0 Å². The zero-order valence-electron chi connectivity index (χ0n) is 18.0. The number of rotatable bonds is 7. The number of aromatic nitrogens is 4. The quantitative estimate of drug-likeness (QED) is 0.469. The fourth-order valence-corrected chi connectivity index (χ4v) is 4.24. The molecule has 1 atom stereocenters. The van der Waals surface area contributed by atoms with E-state index in [0.717, 1.165) is 66.3 Å². The molecule has 0 unspecified atom stereocenters. The zero-order valence-corrected chi connectivity index (χ0v) is 18.0. The van der Waals surface area contributed by atoms with Crippen molar-refractivity contribution < 1.29 is 9.53 Å². The number of carbonyl (C=O) groups excluding carboxylic acids is 1. The van der Waals surface area contributed by atoms with Crippen LogP contribution in [0.2, 0.25) is 0 Å². The Kier molecular flexibility index (Phi) is 5.60. The van der Waals surface area contributed by atoms with E-state index < -0.39 is 0 Å². The molecule has 1 saturated heterocycles. The van der Waals surface area contributed by atoms with Crippen LogP contribution in [0, 0.1) is 0 Å². The summed E-state index contributed by atoms with van der Waals surface area (Å²) in [6.07, 6.45) is 4.62. The lowest BCUT2D eigenvalue weighted by Gasteiger charge is -2.16. The molecule has 1 amide bonds. The molecule has 0 bridgehead atoms. The van der Waals surface area contributed by atoms with Gasteiger partial charge in [0.2, 0.25) is 5.91 Å². The molecule has 4 aromatic rings. The number of fused-ring (bicyclic) bond motifs is 1. The molecule has 1 aliphatic rings. The second kappa shape index (κ2) is 8.84. The van der Waals surface area contributed by atoms with Crippen molar-refractivity contribution in [3.8, 4) is 22.8 Å². The first kappa shape index (κ1) is 20.3. The van der Waals surface area contributed by atoms with Gasteiger partial charge >= 0.3 is 0 Å². The van der Waals surface area contributed by atoms with Gasteiger partial charge in [-0.1, -0.05) is 0 Å². The lowest BCUT2D eigenvalue weighted by molar-refractivity contribution is -0.119. The highest BCUT2D eigenvalue weighted by Crippen LogP contribution is 2.27. The molecule has 2 aromatic heterocycles. The van der Waals surface area contributed by atoms with E-state index in [1.807, 2.05) is 53.3 Å². The summed E-state index contributed by atoms with van der Waals surface area (Å²) in [5.41, 5.74) is 3.13. The van der Waals surface area contributed by atoms with Gasteiger partial charge < -0.3 is 10.1 Å². The van der Waals surface area contributed by atoms with Crippen LogP contribution in [0.1, 0.15) is 13.3 Å². The molecular weight excluding hydrogens is 404 g/mol. The number of benzene rings is 2. The van der Waals surface area contributed by atoms with Crippen molar-refractivity contribution in [2.45, 2.75) is 25.9 Å². The van der Waals surface area contributed by atoms with Crippen LogP contribution < -0.4 is 10.1 Å². The van der Waals surface area contributed by atoms with Gasteiger partial charge in [-0.3, -0.25) is 19.5 Å². The molecule has 0 aliphatic carbocycles. The van der Waals surface area contributed by atoms with Crippen LogP contribution >= 0.6 is 0 Å². The Bertz CT molecular complexity index is 1200. The van der Waals surface area contributed by atoms with Crippen molar-refractivity contribution in [1.82, 2.24) is 30.2 Å². The Morgan fingerprint density at radius 2 is 2.00 bits per heavy atom. The molecule has 5 rings (SSSR count). The maximum Gasteiger partial charge on any atom is 0.217 e. The molecule has 8 heteroatoms. The second-order valence-electron chi connectivity index (χ2n) is 8.17. The van der Waals surface area contributed by atoms with Crippen molar-refractivity contribution in [3.63, 3.8) is 0 Å². The van der Waals surface area contributed by atoms with Crippen LogP contribution in [0.5, 0.6) is 11.5 Å². The number of likely N-dealkylation sites (tertiary alicyclic amines) is 1. The van der Waals surface area contributed by atoms with E-state index >= 15 is 0 Å². The van der Waals surface area contributed by atoms with Crippen LogP contribution in [0.3, 0.4) is 0 Å². The van der Waals surface area contributed by atoms with Gasteiger partial charge in [0.15, 0.2) is 0 Å². The Labute approximate surface area is 186 Å². The minimum absolute atomic E-state index is 0.0432. The number of ether oxygens (including phenoxy) is 1. The molecule has 2 aromatic carbocycles. The summed E-state index contributed by atoms with van der Waals surface area (Å²) in [6.45, 7) is 5.20. The van der Waals surface area contributed by atoms with E-state index in [2.05, 4.69) is 31.6 Å². The summed E-state index contributed by atoms with van der Waals surface area (Å²) < 4.78 is 8.08. The SMILES string of the molecule is CC(=O)N[C@@H]1CCN(CCn2ncc3cc(Oc4ccc(-c5ccn[nH]5)cc4)ccc32)C1. The van der Waals surface area contributed by atoms with Crippen LogP contribution in [0.15, 0.2) is 60.9 Å². The normalized spacial score (nSPS) is 16.5. The first-order valence-corrected chi connectivity index (χ1v) is 10.9. The number of H-pyrrole nitrogens is 1. The largest absolute Gasteiger partial charge is 0.457 e. The third-order valence-corrected chi connectivity index (χ3v) is 5.82. The third kappa shape index (κ3) is 4.50. The van der Waals surface area contributed by atoms with Gasteiger partial charge in [-0.15, -0.1) is 0 Å². The zero-order chi connectivity index (χ0) is 21.9. The van der Waals surface area contributed by atoms with Gasteiger partial charge in [0.25, 0.3) is 0 Å². The van der Waals surface area contributed by atoms with E-state index in [4.69, 9.17) is 4.74 Å². The second-order valence-corrected chi connectivity index (χ2v) is 8.17.